The highest BCUT2D eigenvalue weighted by molar-refractivity contribution is 5.67. The molecule has 5 nitrogen and oxygen atoms in total. The van der Waals surface area contributed by atoms with E-state index in [4.69, 9.17) is 10.4 Å². The van der Waals surface area contributed by atoms with E-state index in [2.05, 4.69) is 10.3 Å². The summed E-state index contributed by atoms with van der Waals surface area (Å²) in [5, 5.41) is 20.4. The van der Waals surface area contributed by atoms with Crippen molar-refractivity contribution in [2.75, 3.05) is 11.9 Å². The van der Waals surface area contributed by atoms with E-state index in [-0.39, 0.29) is 12.3 Å². The number of hydrogen-bond donors (Lipinski definition) is 2. The molecule has 2 N–H and O–H groups in total. The van der Waals surface area contributed by atoms with Crippen molar-refractivity contribution in [2.45, 2.75) is 13.3 Å². The molecule has 1 aromatic rings. The molecule has 0 aromatic carbocycles. The molecule has 0 saturated heterocycles. The first kappa shape index (κ1) is 12.0. The molecular formula is C11H13N3O2. The van der Waals surface area contributed by atoms with Crippen LogP contribution in [0.3, 0.4) is 0 Å². The average Bonchev–Trinajstić information content (AvgIpc) is 2.26. The van der Waals surface area contributed by atoms with Crippen LogP contribution in [0, 0.1) is 17.2 Å². The van der Waals surface area contributed by atoms with Gasteiger partial charge in [-0.15, -0.1) is 0 Å². The highest BCUT2D eigenvalue weighted by Crippen LogP contribution is 2.13. The summed E-state index contributed by atoms with van der Waals surface area (Å²) in [6.45, 7) is 2.34. The lowest BCUT2D eigenvalue weighted by atomic mass is 10.1. The monoisotopic (exact) mass is 219 g/mol. The third kappa shape index (κ3) is 3.58. The molecule has 1 unspecified atom stereocenters. The van der Waals surface area contributed by atoms with Gasteiger partial charge < -0.3 is 10.4 Å². The summed E-state index contributed by atoms with van der Waals surface area (Å²) in [5.41, 5.74) is 1.15. The van der Waals surface area contributed by atoms with Crippen LogP contribution < -0.4 is 5.32 Å². The molecule has 0 fully saturated rings. The molecule has 0 saturated carbocycles. The third-order valence-electron chi connectivity index (χ3n) is 2.11. The number of hydrogen-bond acceptors (Lipinski definition) is 4. The van der Waals surface area contributed by atoms with Crippen LogP contribution in [-0.4, -0.2) is 22.6 Å². The molecule has 0 bridgehead atoms. The number of rotatable bonds is 5. The van der Waals surface area contributed by atoms with E-state index in [1.165, 1.54) is 0 Å². The summed E-state index contributed by atoms with van der Waals surface area (Å²) < 4.78 is 0. The lowest BCUT2D eigenvalue weighted by Gasteiger charge is -2.11. The van der Waals surface area contributed by atoms with E-state index < -0.39 is 5.97 Å². The SMILES string of the molecule is CC(CNc1cnccc1C#N)CC(=O)O. The summed E-state index contributed by atoms with van der Waals surface area (Å²) in [5.74, 6) is -0.815. The second kappa shape index (κ2) is 5.71. The highest BCUT2D eigenvalue weighted by atomic mass is 16.4. The minimum Gasteiger partial charge on any atom is -0.481 e. The molecule has 0 radical (unpaired) electrons. The first-order chi connectivity index (χ1) is 7.63. The predicted molar refractivity (Wildman–Crippen MR) is 58.9 cm³/mol. The van der Waals surface area contributed by atoms with Gasteiger partial charge >= 0.3 is 5.97 Å². The van der Waals surface area contributed by atoms with Gasteiger partial charge in [-0.1, -0.05) is 6.92 Å². The molecule has 5 heteroatoms. The van der Waals surface area contributed by atoms with Crippen molar-refractivity contribution in [3.05, 3.63) is 24.0 Å². The van der Waals surface area contributed by atoms with Gasteiger partial charge in [-0.25, -0.2) is 0 Å². The Morgan fingerprint density at radius 3 is 3.12 bits per heavy atom. The number of aliphatic carboxylic acids is 1. The Morgan fingerprint density at radius 2 is 2.50 bits per heavy atom. The van der Waals surface area contributed by atoms with Crippen LogP contribution in [0.15, 0.2) is 18.5 Å². The zero-order chi connectivity index (χ0) is 12.0. The van der Waals surface area contributed by atoms with E-state index in [1.807, 2.05) is 13.0 Å². The third-order valence-corrected chi connectivity index (χ3v) is 2.11. The number of pyridine rings is 1. The zero-order valence-corrected chi connectivity index (χ0v) is 8.97. The van der Waals surface area contributed by atoms with E-state index in [1.54, 1.807) is 18.5 Å². The number of nitriles is 1. The van der Waals surface area contributed by atoms with Gasteiger partial charge in [-0.3, -0.25) is 9.78 Å². The van der Waals surface area contributed by atoms with Crippen LogP contribution in [0.2, 0.25) is 0 Å². The largest absolute Gasteiger partial charge is 0.481 e. The van der Waals surface area contributed by atoms with Gasteiger partial charge in [0.15, 0.2) is 0 Å². The maximum absolute atomic E-state index is 10.5. The first-order valence-electron chi connectivity index (χ1n) is 4.93. The summed E-state index contributed by atoms with van der Waals surface area (Å²) in [4.78, 5) is 14.4. The van der Waals surface area contributed by atoms with Crippen molar-refractivity contribution in [3.8, 4) is 6.07 Å². The smallest absolute Gasteiger partial charge is 0.303 e. The molecule has 1 heterocycles. The molecule has 0 amide bonds. The molecule has 0 aliphatic heterocycles. The Hall–Kier alpha value is -2.09. The van der Waals surface area contributed by atoms with Crippen LogP contribution in [0.1, 0.15) is 18.9 Å². The Balaban J connectivity index is 2.55. The van der Waals surface area contributed by atoms with Crippen molar-refractivity contribution < 1.29 is 9.90 Å². The van der Waals surface area contributed by atoms with E-state index in [0.29, 0.717) is 17.8 Å². The van der Waals surface area contributed by atoms with Gasteiger partial charge in [0.25, 0.3) is 0 Å². The second-order valence-corrected chi connectivity index (χ2v) is 3.62. The Kier molecular flexibility index (Phi) is 4.28. The Bertz CT molecular complexity index is 412. The maximum atomic E-state index is 10.5. The van der Waals surface area contributed by atoms with Gasteiger partial charge in [0.2, 0.25) is 0 Å². The Labute approximate surface area is 93.7 Å². The molecule has 1 atom stereocenters. The van der Waals surface area contributed by atoms with Crippen LogP contribution in [0.25, 0.3) is 0 Å². The van der Waals surface area contributed by atoms with Crippen LogP contribution in [0.5, 0.6) is 0 Å². The zero-order valence-electron chi connectivity index (χ0n) is 8.97. The molecule has 0 spiro atoms. The van der Waals surface area contributed by atoms with Crippen LogP contribution in [0.4, 0.5) is 5.69 Å². The van der Waals surface area contributed by atoms with E-state index >= 15 is 0 Å². The summed E-state index contributed by atoms with van der Waals surface area (Å²) in [6, 6.07) is 3.66. The normalized spacial score (nSPS) is 11.5. The van der Waals surface area contributed by atoms with Gasteiger partial charge in [-0.05, 0) is 12.0 Å². The predicted octanol–water partition coefficient (Wildman–Crippen LogP) is 1.48. The Morgan fingerprint density at radius 1 is 1.75 bits per heavy atom. The van der Waals surface area contributed by atoms with Crippen molar-refractivity contribution in [3.63, 3.8) is 0 Å². The van der Waals surface area contributed by atoms with E-state index in [9.17, 15) is 4.79 Å². The minimum absolute atomic E-state index is 0.00393. The number of nitrogens with zero attached hydrogens (tertiary/aromatic N) is 2. The molecule has 16 heavy (non-hydrogen) atoms. The molecule has 0 aliphatic carbocycles. The molecule has 1 rings (SSSR count). The van der Waals surface area contributed by atoms with Gasteiger partial charge in [0.05, 0.1) is 17.4 Å². The van der Waals surface area contributed by atoms with E-state index in [0.717, 1.165) is 0 Å². The first-order valence-corrected chi connectivity index (χ1v) is 4.93. The summed E-state index contributed by atoms with van der Waals surface area (Å²) in [7, 11) is 0. The van der Waals surface area contributed by atoms with Crippen LogP contribution >= 0.6 is 0 Å². The lowest BCUT2D eigenvalue weighted by Crippen LogP contribution is -2.15. The highest BCUT2D eigenvalue weighted by Gasteiger charge is 2.08. The summed E-state index contributed by atoms with van der Waals surface area (Å²) in [6.07, 6.45) is 3.21. The number of carboxylic acids is 1. The molecule has 0 aliphatic rings. The van der Waals surface area contributed by atoms with Crippen molar-refractivity contribution in [1.82, 2.24) is 4.98 Å². The molecule has 84 valence electrons. The van der Waals surface area contributed by atoms with Gasteiger partial charge in [0, 0.05) is 19.2 Å². The standard InChI is InChI=1S/C11H13N3O2/c1-8(4-11(15)16)6-14-10-7-13-3-2-9(10)5-12/h2-3,7-8,14H,4,6H2,1H3,(H,15,16). The lowest BCUT2D eigenvalue weighted by molar-refractivity contribution is -0.137. The maximum Gasteiger partial charge on any atom is 0.303 e. The fourth-order valence-electron chi connectivity index (χ4n) is 1.29. The topological polar surface area (TPSA) is 86.0 Å². The number of nitrogens with one attached hydrogen (secondary N) is 1. The minimum atomic E-state index is -0.819. The fraction of sp³-hybridized carbons (Fsp3) is 0.364. The average molecular weight is 219 g/mol. The quantitative estimate of drug-likeness (QED) is 0.783. The number of aromatic nitrogens is 1. The second-order valence-electron chi connectivity index (χ2n) is 3.62. The molecule has 1 aromatic heterocycles. The van der Waals surface area contributed by atoms with Crippen molar-refractivity contribution in [2.24, 2.45) is 5.92 Å². The van der Waals surface area contributed by atoms with Crippen molar-refractivity contribution >= 4 is 11.7 Å². The van der Waals surface area contributed by atoms with Gasteiger partial charge in [0.1, 0.15) is 6.07 Å². The van der Waals surface area contributed by atoms with Gasteiger partial charge in [-0.2, -0.15) is 5.26 Å². The van der Waals surface area contributed by atoms with Crippen LogP contribution in [-0.2, 0) is 4.79 Å². The number of anilines is 1. The number of carboxylic acid groups (broad SMARTS) is 1. The number of carbonyl (C=O) groups is 1. The summed E-state index contributed by atoms with van der Waals surface area (Å²) >= 11 is 0. The van der Waals surface area contributed by atoms with Crippen molar-refractivity contribution in [1.29, 1.82) is 5.26 Å². The molecular weight excluding hydrogens is 206 g/mol. The fourth-order valence-corrected chi connectivity index (χ4v) is 1.29.